The first-order chi connectivity index (χ1) is 12.1. The summed E-state index contributed by atoms with van der Waals surface area (Å²) >= 11 is 6.02. The van der Waals surface area contributed by atoms with Crippen LogP contribution < -0.4 is 14.8 Å². The number of anilines is 1. The van der Waals surface area contributed by atoms with Crippen LogP contribution in [0.25, 0.3) is 0 Å². The third kappa shape index (κ3) is 2.25. The fourth-order valence-corrected chi connectivity index (χ4v) is 3.28. The van der Waals surface area contributed by atoms with Crippen LogP contribution in [0.5, 0.6) is 11.5 Å². The van der Waals surface area contributed by atoms with Crippen molar-refractivity contribution in [3.8, 4) is 11.5 Å². The number of carbonyl (C=O) groups is 2. The lowest BCUT2D eigenvalue weighted by Gasteiger charge is -2.44. The van der Waals surface area contributed by atoms with Crippen LogP contribution in [-0.2, 0) is 14.3 Å². The summed E-state index contributed by atoms with van der Waals surface area (Å²) in [4.78, 5) is 25.6. The van der Waals surface area contributed by atoms with Gasteiger partial charge in [0.1, 0.15) is 17.5 Å². The molecule has 0 bridgehead atoms. The van der Waals surface area contributed by atoms with Gasteiger partial charge in [-0.25, -0.2) is 9.59 Å². The van der Waals surface area contributed by atoms with Gasteiger partial charge in [-0.15, -0.1) is 0 Å². The SMILES string of the molecule is CCOC(=O)[C@@]12Oc3cc(Cl)ccc3N[C@@H]1c1ccccc1OC2=O. The van der Waals surface area contributed by atoms with E-state index in [1.54, 1.807) is 43.3 Å². The monoisotopic (exact) mass is 359 g/mol. The number of ether oxygens (including phenoxy) is 3. The zero-order valence-electron chi connectivity index (χ0n) is 13.2. The number of benzene rings is 2. The summed E-state index contributed by atoms with van der Waals surface area (Å²) in [5, 5.41) is 3.63. The highest BCUT2D eigenvalue weighted by molar-refractivity contribution is 6.30. The smallest absolute Gasteiger partial charge is 0.370 e. The van der Waals surface area contributed by atoms with Crippen LogP contribution in [0.3, 0.4) is 0 Å². The van der Waals surface area contributed by atoms with Gasteiger partial charge in [0, 0.05) is 16.7 Å². The molecule has 2 aromatic carbocycles. The number of rotatable bonds is 2. The van der Waals surface area contributed by atoms with Crippen molar-refractivity contribution in [2.75, 3.05) is 11.9 Å². The summed E-state index contributed by atoms with van der Waals surface area (Å²) in [5.41, 5.74) is -0.711. The van der Waals surface area contributed by atoms with E-state index in [2.05, 4.69) is 5.32 Å². The molecular weight excluding hydrogens is 346 g/mol. The Morgan fingerprint density at radius 2 is 2.08 bits per heavy atom. The van der Waals surface area contributed by atoms with Gasteiger partial charge >= 0.3 is 17.5 Å². The molecule has 0 aromatic heterocycles. The van der Waals surface area contributed by atoms with Crippen LogP contribution in [0.2, 0.25) is 5.02 Å². The molecule has 0 saturated heterocycles. The summed E-state index contributed by atoms with van der Waals surface area (Å²) < 4.78 is 16.4. The van der Waals surface area contributed by atoms with Crippen molar-refractivity contribution in [2.24, 2.45) is 0 Å². The van der Waals surface area contributed by atoms with Gasteiger partial charge in [-0.2, -0.15) is 0 Å². The van der Waals surface area contributed by atoms with E-state index in [-0.39, 0.29) is 12.4 Å². The van der Waals surface area contributed by atoms with Crippen molar-refractivity contribution >= 4 is 29.2 Å². The van der Waals surface area contributed by atoms with Crippen LogP contribution in [0.1, 0.15) is 18.5 Å². The van der Waals surface area contributed by atoms with Crippen LogP contribution in [0, 0.1) is 0 Å². The molecule has 0 amide bonds. The first-order valence-corrected chi connectivity index (χ1v) is 8.17. The van der Waals surface area contributed by atoms with Crippen molar-refractivity contribution in [2.45, 2.75) is 18.6 Å². The van der Waals surface area contributed by atoms with E-state index < -0.39 is 23.6 Å². The van der Waals surface area contributed by atoms with E-state index in [1.807, 2.05) is 0 Å². The normalized spacial score (nSPS) is 23.1. The van der Waals surface area contributed by atoms with E-state index in [0.29, 0.717) is 22.0 Å². The van der Waals surface area contributed by atoms with Crippen molar-refractivity contribution in [1.82, 2.24) is 0 Å². The van der Waals surface area contributed by atoms with Crippen molar-refractivity contribution in [3.05, 3.63) is 53.1 Å². The van der Waals surface area contributed by atoms with Gasteiger partial charge in [-0.3, -0.25) is 0 Å². The Morgan fingerprint density at radius 3 is 2.88 bits per heavy atom. The number of fused-ring (bicyclic) bond motifs is 4. The van der Waals surface area contributed by atoms with Crippen LogP contribution in [0.4, 0.5) is 5.69 Å². The minimum absolute atomic E-state index is 0.105. The standard InChI is InChI=1S/C18H14ClNO5/c1-2-23-16(21)18-15(11-5-3-4-6-13(11)24-17(18)22)20-12-8-7-10(19)9-14(12)25-18/h3-9,15,20H,2H2,1H3/t15-,18+/m1/s1. The molecule has 0 saturated carbocycles. The quantitative estimate of drug-likeness (QED) is 0.504. The Morgan fingerprint density at radius 1 is 1.28 bits per heavy atom. The van der Waals surface area contributed by atoms with Crippen LogP contribution >= 0.6 is 11.6 Å². The van der Waals surface area contributed by atoms with Gasteiger partial charge in [-0.1, -0.05) is 29.8 Å². The molecule has 0 spiro atoms. The van der Waals surface area contributed by atoms with Gasteiger partial charge in [0.2, 0.25) is 0 Å². The van der Waals surface area contributed by atoms with Gasteiger partial charge in [0.15, 0.2) is 0 Å². The minimum Gasteiger partial charge on any atom is -0.462 e. The Kier molecular flexibility index (Phi) is 3.58. The highest BCUT2D eigenvalue weighted by Gasteiger charge is 2.64. The molecule has 25 heavy (non-hydrogen) atoms. The predicted molar refractivity (Wildman–Crippen MR) is 89.9 cm³/mol. The lowest BCUT2D eigenvalue weighted by atomic mass is 9.83. The molecule has 1 N–H and O–H groups in total. The second-order valence-corrected chi connectivity index (χ2v) is 6.14. The summed E-state index contributed by atoms with van der Waals surface area (Å²) in [6.07, 6.45) is 0. The molecule has 0 fully saturated rings. The Labute approximate surface area is 148 Å². The molecule has 6 nitrogen and oxygen atoms in total. The summed E-state index contributed by atoms with van der Waals surface area (Å²) in [7, 11) is 0. The molecule has 0 unspecified atom stereocenters. The van der Waals surface area contributed by atoms with Gasteiger partial charge in [0.25, 0.3) is 0 Å². The molecular formula is C18H14ClNO5. The third-order valence-corrected chi connectivity index (χ3v) is 4.47. The van der Waals surface area contributed by atoms with Gasteiger partial charge in [0.05, 0.1) is 12.3 Å². The molecule has 7 heteroatoms. The highest BCUT2D eigenvalue weighted by atomic mass is 35.5. The number of para-hydroxylation sites is 1. The molecule has 2 heterocycles. The van der Waals surface area contributed by atoms with Gasteiger partial charge < -0.3 is 19.5 Å². The first-order valence-electron chi connectivity index (χ1n) is 7.80. The zero-order chi connectivity index (χ0) is 17.6. The maximum atomic E-state index is 12.8. The lowest BCUT2D eigenvalue weighted by Crippen LogP contribution is -2.63. The molecule has 4 rings (SSSR count). The van der Waals surface area contributed by atoms with Crippen molar-refractivity contribution in [1.29, 1.82) is 0 Å². The number of hydrogen-bond donors (Lipinski definition) is 1. The van der Waals surface area contributed by atoms with E-state index in [9.17, 15) is 9.59 Å². The fourth-order valence-electron chi connectivity index (χ4n) is 3.11. The first kappa shape index (κ1) is 15.8. The van der Waals surface area contributed by atoms with Crippen LogP contribution in [-0.4, -0.2) is 24.1 Å². The molecule has 0 aliphatic carbocycles. The third-order valence-electron chi connectivity index (χ3n) is 4.24. The largest absolute Gasteiger partial charge is 0.462 e. The van der Waals surface area contributed by atoms with Crippen LogP contribution in [0.15, 0.2) is 42.5 Å². The maximum Gasteiger partial charge on any atom is 0.370 e. The van der Waals surface area contributed by atoms with E-state index in [0.717, 1.165) is 0 Å². The van der Waals surface area contributed by atoms with E-state index in [4.69, 9.17) is 25.8 Å². The Balaban J connectivity index is 1.92. The highest BCUT2D eigenvalue weighted by Crippen LogP contribution is 2.49. The topological polar surface area (TPSA) is 73.9 Å². The summed E-state index contributed by atoms with van der Waals surface area (Å²) in [6, 6.07) is 11.2. The fraction of sp³-hybridized carbons (Fsp3) is 0.222. The predicted octanol–water partition coefficient (Wildman–Crippen LogP) is 3.11. The minimum atomic E-state index is -1.97. The molecule has 0 radical (unpaired) electrons. The summed E-state index contributed by atoms with van der Waals surface area (Å²) in [5.74, 6) is -0.968. The second kappa shape index (κ2) is 5.67. The zero-order valence-corrected chi connectivity index (χ0v) is 14.0. The number of carbonyl (C=O) groups excluding carboxylic acids is 2. The lowest BCUT2D eigenvalue weighted by molar-refractivity contribution is -0.179. The van der Waals surface area contributed by atoms with E-state index >= 15 is 0 Å². The average Bonchev–Trinajstić information content (AvgIpc) is 2.60. The van der Waals surface area contributed by atoms with Crippen molar-refractivity contribution in [3.63, 3.8) is 0 Å². The Hall–Kier alpha value is -2.73. The number of hydrogen-bond acceptors (Lipinski definition) is 6. The molecule has 2 aromatic rings. The van der Waals surface area contributed by atoms with E-state index in [1.165, 1.54) is 6.07 Å². The molecule has 2 atom stereocenters. The number of esters is 2. The van der Waals surface area contributed by atoms with Crippen molar-refractivity contribution < 1.29 is 23.8 Å². The summed E-state index contributed by atoms with van der Waals surface area (Å²) in [6.45, 7) is 1.76. The number of nitrogens with one attached hydrogen (secondary N) is 1. The number of halogens is 1. The molecule has 2 aliphatic rings. The second-order valence-electron chi connectivity index (χ2n) is 5.70. The molecule has 128 valence electrons. The average molecular weight is 360 g/mol. The molecule has 2 aliphatic heterocycles. The Bertz CT molecular complexity index is 884. The van der Waals surface area contributed by atoms with Gasteiger partial charge in [-0.05, 0) is 25.1 Å². The maximum absolute atomic E-state index is 12.8.